The van der Waals surface area contributed by atoms with Crippen LogP contribution in [0.1, 0.15) is 59.9 Å². The fourth-order valence-corrected chi connectivity index (χ4v) is 5.66. The van der Waals surface area contributed by atoms with Crippen LogP contribution in [0.5, 0.6) is 0 Å². The molecule has 176 valence electrons. The fourth-order valence-electron chi connectivity index (χ4n) is 4.35. The number of anilines is 1. The van der Waals surface area contributed by atoms with Gasteiger partial charge in [0, 0.05) is 6.04 Å². The van der Waals surface area contributed by atoms with Gasteiger partial charge in [-0.25, -0.2) is 8.42 Å². The highest BCUT2D eigenvalue weighted by Gasteiger charge is 2.44. The number of nitrogens with one attached hydrogen (secondary N) is 1. The molecular formula is C24H28ClN3O4S. The van der Waals surface area contributed by atoms with Crippen molar-refractivity contribution in [2.75, 3.05) is 24.9 Å². The van der Waals surface area contributed by atoms with Crippen molar-refractivity contribution in [3.63, 3.8) is 0 Å². The molecular weight excluding hydrogens is 462 g/mol. The van der Waals surface area contributed by atoms with Gasteiger partial charge in [0.05, 0.1) is 26.7 Å². The van der Waals surface area contributed by atoms with Crippen LogP contribution in [-0.2, 0) is 15.4 Å². The number of carbonyl (C=O) groups is 2. The molecule has 1 saturated heterocycles. The number of fused-ring (bicyclic) bond motifs is 1. The Morgan fingerprint density at radius 3 is 2.09 bits per heavy atom. The summed E-state index contributed by atoms with van der Waals surface area (Å²) in [5.74, 6) is -0.974. The van der Waals surface area contributed by atoms with Crippen LogP contribution in [0.4, 0.5) is 5.69 Å². The first kappa shape index (κ1) is 23.7. The number of hydrogen-bond acceptors (Lipinski definition) is 5. The van der Waals surface area contributed by atoms with Gasteiger partial charge in [0.25, 0.3) is 21.8 Å². The maximum absolute atomic E-state index is 13.3. The van der Waals surface area contributed by atoms with Gasteiger partial charge in [0.15, 0.2) is 0 Å². The number of nitrogens with zero attached hydrogens (tertiary/aromatic N) is 2. The third kappa shape index (κ3) is 4.39. The van der Waals surface area contributed by atoms with E-state index in [0.29, 0.717) is 12.8 Å². The zero-order valence-corrected chi connectivity index (χ0v) is 20.8. The monoisotopic (exact) mass is 489 g/mol. The van der Waals surface area contributed by atoms with E-state index in [1.54, 1.807) is 12.1 Å². The topological polar surface area (TPSA) is 86.8 Å². The van der Waals surface area contributed by atoms with Crippen LogP contribution in [0.25, 0.3) is 0 Å². The lowest BCUT2D eigenvalue weighted by molar-refractivity contribution is 0.0517. The second-order valence-electron chi connectivity index (χ2n) is 9.74. The zero-order valence-electron chi connectivity index (χ0n) is 19.2. The molecule has 2 amide bonds. The highest BCUT2D eigenvalue weighted by molar-refractivity contribution is 7.92. The van der Waals surface area contributed by atoms with Gasteiger partial charge in [-0.1, -0.05) is 44.5 Å². The molecule has 0 atom stereocenters. The largest absolute Gasteiger partial charge is 0.306 e. The number of piperidine rings is 1. The third-order valence-corrected chi connectivity index (χ3v) is 8.04. The molecule has 0 saturated carbocycles. The van der Waals surface area contributed by atoms with Gasteiger partial charge in [-0.3, -0.25) is 19.2 Å². The summed E-state index contributed by atoms with van der Waals surface area (Å²) in [6, 6.07) is 9.28. The van der Waals surface area contributed by atoms with E-state index >= 15 is 0 Å². The van der Waals surface area contributed by atoms with Gasteiger partial charge in [0.2, 0.25) is 0 Å². The van der Waals surface area contributed by atoms with E-state index in [9.17, 15) is 18.0 Å². The number of imide groups is 1. The predicted molar refractivity (Wildman–Crippen MR) is 128 cm³/mol. The normalized spacial score (nSPS) is 18.0. The lowest BCUT2D eigenvalue weighted by atomic mass is 9.87. The molecule has 2 aromatic carbocycles. The molecule has 4 rings (SSSR count). The van der Waals surface area contributed by atoms with Crippen molar-refractivity contribution in [2.45, 2.75) is 50.0 Å². The highest BCUT2D eigenvalue weighted by Crippen LogP contribution is 2.38. The molecule has 2 aliphatic heterocycles. The minimum atomic E-state index is -3.98. The van der Waals surface area contributed by atoms with Crippen LogP contribution in [0.2, 0.25) is 5.02 Å². The molecule has 0 aliphatic carbocycles. The Kier molecular flexibility index (Phi) is 6.05. The summed E-state index contributed by atoms with van der Waals surface area (Å²) in [6.07, 6.45) is 1.33. The van der Waals surface area contributed by atoms with Crippen LogP contribution >= 0.6 is 11.6 Å². The van der Waals surface area contributed by atoms with Crippen LogP contribution in [-0.4, -0.2) is 56.2 Å². The summed E-state index contributed by atoms with van der Waals surface area (Å²) >= 11 is 6.29. The summed E-state index contributed by atoms with van der Waals surface area (Å²) in [7, 11) is -1.99. The van der Waals surface area contributed by atoms with Gasteiger partial charge in [-0.2, -0.15) is 0 Å². The molecule has 2 aliphatic rings. The maximum Gasteiger partial charge on any atom is 0.264 e. The number of carbonyl (C=O) groups excluding carboxylic acids is 2. The third-order valence-electron chi connectivity index (χ3n) is 6.35. The number of benzene rings is 2. The quantitative estimate of drug-likeness (QED) is 0.652. The molecule has 0 bridgehead atoms. The van der Waals surface area contributed by atoms with Crippen molar-refractivity contribution in [1.29, 1.82) is 0 Å². The summed E-state index contributed by atoms with van der Waals surface area (Å²) in [4.78, 5) is 30.0. The van der Waals surface area contributed by atoms with E-state index in [1.807, 2.05) is 27.8 Å². The smallest absolute Gasteiger partial charge is 0.264 e. The van der Waals surface area contributed by atoms with Crippen LogP contribution in [0.15, 0.2) is 41.3 Å². The molecule has 7 nitrogen and oxygen atoms in total. The van der Waals surface area contributed by atoms with E-state index in [4.69, 9.17) is 11.6 Å². The number of halogens is 1. The molecule has 1 fully saturated rings. The molecule has 33 heavy (non-hydrogen) atoms. The Morgan fingerprint density at radius 1 is 0.939 bits per heavy atom. The number of amides is 2. The Morgan fingerprint density at radius 2 is 1.52 bits per heavy atom. The first-order chi connectivity index (χ1) is 15.4. The maximum atomic E-state index is 13.3. The zero-order chi connectivity index (χ0) is 24.1. The van der Waals surface area contributed by atoms with Gasteiger partial charge < -0.3 is 4.90 Å². The van der Waals surface area contributed by atoms with E-state index in [1.165, 1.54) is 29.2 Å². The van der Waals surface area contributed by atoms with Gasteiger partial charge in [0.1, 0.15) is 0 Å². The van der Waals surface area contributed by atoms with Crippen molar-refractivity contribution in [3.05, 3.63) is 58.1 Å². The molecule has 0 spiro atoms. The molecule has 2 heterocycles. The van der Waals surface area contributed by atoms with E-state index in [2.05, 4.69) is 9.62 Å². The predicted octanol–water partition coefficient (Wildman–Crippen LogP) is 4.13. The molecule has 2 aromatic rings. The second-order valence-corrected chi connectivity index (χ2v) is 11.8. The molecule has 0 aromatic heterocycles. The lowest BCUT2D eigenvalue weighted by Crippen LogP contribution is -2.46. The minimum absolute atomic E-state index is 0.0151. The minimum Gasteiger partial charge on any atom is -0.306 e. The van der Waals surface area contributed by atoms with Gasteiger partial charge in [-0.15, -0.1) is 0 Å². The van der Waals surface area contributed by atoms with Crippen LogP contribution in [0, 0.1) is 0 Å². The van der Waals surface area contributed by atoms with Crippen molar-refractivity contribution >= 4 is 39.1 Å². The van der Waals surface area contributed by atoms with Crippen molar-refractivity contribution in [1.82, 2.24) is 9.80 Å². The average Bonchev–Trinajstić information content (AvgIpc) is 3.02. The van der Waals surface area contributed by atoms with E-state index < -0.39 is 21.8 Å². The lowest BCUT2D eigenvalue weighted by Gasteiger charge is -2.33. The number of likely N-dealkylation sites (tertiary alicyclic amines) is 1. The molecule has 1 N–H and O–H groups in total. The highest BCUT2D eigenvalue weighted by atomic mass is 35.5. The number of sulfonamides is 1. The Labute approximate surface area is 199 Å². The average molecular weight is 490 g/mol. The Balaban J connectivity index is 1.67. The van der Waals surface area contributed by atoms with Crippen LogP contribution < -0.4 is 4.72 Å². The van der Waals surface area contributed by atoms with Crippen molar-refractivity contribution < 1.29 is 18.0 Å². The molecule has 0 radical (unpaired) electrons. The molecule has 0 unspecified atom stereocenters. The first-order valence-corrected chi connectivity index (χ1v) is 12.8. The summed E-state index contributed by atoms with van der Waals surface area (Å²) in [5, 5.41) is 0.135. The van der Waals surface area contributed by atoms with Crippen molar-refractivity contribution in [3.8, 4) is 0 Å². The standard InChI is InChI=1S/C24H28ClN3O4S/c1-24(2,3)15-5-7-17(8-6-15)33(31,32)26-19-10-9-18(25)20-21(19)23(30)28(22(20)29)16-11-13-27(4)14-12-16/h5-10,16,26H,11-14H2,1-4H3. The Bertz CT molecular complexity index is 1210. The SMILES string of the molecule is CN1CCC(N2C(=O)c3c(Cl)ccc(NS(=O)(=O)c4ccc(C(C)(C)C)cc4)c3C2=O)CC1. The number of rotatable bonds is 4. The summed E-state index contributed by atoms with van der Waals surface area (Å²) < 4.78 is 28.7. The molecule has 9 heteroatoms. The van der Waals surface area contributed by atoms with Crippen LogP contribution in [0.3, 0.4) is 0 Å². The fraction of sp³-hybridized carbons (Fsp3) is 0.417. The van der Waals surface area contributed by atoms with Gasteiger partial charge >= 0.3 is 0 Å². The second kappa shape index (κ2) is 8.42. The summed E-state index contributed by atoms with van der Waals surface area (Å²) in [6.45, 7) is 7.69. The number of hydrogen-bond donors (Lipinski definition) is 1. The van der Waals surface area contributed by atoms with Crippen molar-refractivity contribution in [2.24, 2.45) is 0 Å². The van der Waals surface area contributed by atoms with E-state index in [0.717, 1.165) is 18.7 Å². The van der Waals surface area contributed by atoms with Gasteiger partial charge in [-0.05, 0) is 68.2 Å². The first-order valence-electron chi connectivity index (χ1n) is 10.9. The summed E-state index contributed by atoms with van der Waals surface area (Å²) in [5.41, 5.74) is 1.02. The van der Waals surface area contributed by atoms with E-state index in [-0.39, 0.29) is 38.2 Å². The Hall–Kier alpha value is -2.42.